The Bertz CT molecular complexity index is 1100. The summed E-state index contributed by atoms with van der Waals surface area (Å²) in [5.74, 6) is 2.26. The van der Waals surface area contributed by atoms with Crippen molar-refractivity contribution in [3.8, 4) is 34.3 Å². The summed E-state index contributed by atoms with van der Waals surface area (Å²) in [6, 6.07) is 13.4. The zero-order chi connectivity index (χ0) is 21.3. The molecule has 2 N–H and O–H groups in total. The summed E-state index contributed by atoms with van der Waals surface area (Å²) in [7, 11) is 3.21. The second kappa shape index (κ2) is 8.02. The number of methoxy groups -OCH3 is 2. The Hall–Kier alpha value is -3.61. The average molecular weight is 408 g/mol. The van der Waals surface area contributed by atoms with Crippen LogP contribution in [-0.2, 0) is 6.54 Å². The number of carbonyl (C=O) groups is 1. The number of rotatable bonds is 6. The molecule has 0 atom stereocenters. The first-order chi connectivity index (χ1) is 14.5. The summed E-state index contributed by atoms with van der Waals surface area (Å²) in [5.41, 5.74) is 9.69. The van der Waals surface area contributed by atoms with Crippen molar-refractivity contribution in [2.45, 2.75) is 13.5 Å². The maximum Gasteiger partial charge on any atom is 0.250 e. The molecule has 0 saturated carbocycles. The van der Waals surface area contributed by atoms with Crippen LogP contribution in [0, 0.1) is 6.92 Å². The molecule has 1 amide bonds. The highest BCUT2D eigenvalue weighted by Gasteiger charge is 2.20. The van der Waals surface area contributed by atoms with E-state index in [4.69, 9.17) is 24.7 Å². The molecule has 30 heavy (non-hydrogen) atoms. The molecule has 0 fully saturated rings. The number of primary amides is 1. The number of ether oxygens (including phenoxy) is 4. The van der Waals surface area contributed by atoms with Crippen molar-refractivity contribution < 1.29 is 23.7 Å². The van der Waals surface area contributed by atoms with Crippen molar-refractivity contribution in [3.63, 3.8) is 0 Å². The number of hydrogen-bond acceptors (Lipinski definition) is 5. The molecule has 4 rings (SSSR count). The van der Waals surface area contributed by atoms with Crippen LogP contribution in [0.5, 0.6) is 23.0 Å². The minimum atomic E-state index is -0.461. The van der Waals surface area contributed by atoms with Crippen LogP contribution < -0.4 is 24.7 Å². The molecule has 7 nitrogen and oxygen atoms in total. The van der Waals surface area contributed by atoms with Crippen molar-refractivity contribution in [1.82, 2.24) is 4.57 Å². The maximum atomic E-state index is 12.0. The Labute approximate surface area is 174 Å². The van der Waals surface area contributed by atoms with Crippen molar-refractivity contribution in [2.75, 3.05) is 27.4 Å². The molecule has 7 heteroatoms. The fraction of sp³-hybridized carbons (Fsp3) is 0.261. The van der Waals surface area contributed by atoms with Gasteiger partial charge in [0.25, 0.3) is 5.91 Å². The predicted molar refractivity (Wildman–Crippen MR) is 113 cm³/mol. The summed E-state index contributed by atoms with van der Waals surface area (Å²) in [4.78, 5) is 12.0. The van der Waals surface area contributed by atoms with E-state index < -0.39 is 5.91 Å². The van der Waals surface area contributed by atoms with Crippen molar-refractivity contribution in [2.24, 2.45) is 5.73 Å². The largest absolute Gasteiger partial charge is 0.493 e. The average Bonchev–Trinajstić information content (AvgIpc) is 3.09. The smallest absolute Gasteiger partial charge is 0.250 e. The molecule has 0 radical (unpaired) electrons. The SMILES string of the molecule is COc1ccc(Cn2c(-c3ccc4c(c3)OCCO4)cc(C(N)=O)c2C)cc1OC. The van der Waals surface area contributed by atoms with Crippen LogP contribution >= 0.6 is 0 Å². The Morgan fingerprint density at radius 1 is 1.00 bits per heavy atom. The standard InChI is InChI=1S/C23H24N2O5/c1-14-17(23(24)26)12-18(16-5-7-20-22(11-16)30-9-8-29-20)25(14)13-15-4-6-19(27-2)21(10-15)28-3/h4-7,10-12H,8-9,13H2,1-3H3,(H2,24,26). The second-order valence-electron chi connectivity index (χ2n) is 7.03. The van der Waals surface area contributed by atoms with Crippen LogP contribution in [-0.4, -0.2) is 37.9 Å². The van der Waals surface area contributed by atoms with E-state index in [0.717, 1.165) is 28.3 Å². The summed E-state index contributed by atoms with van der Waals surface area (Å²) in [6.07, 6.45) is 0. The molecule has 1 aromatic heterocycles. The van der Waals surface area contributed by atoms with Gasteiger partial charge in [-0.2, -0.15) is 0 Å². The van der Waals surface area contributed by atoms with Gasteiger partial charge < -0.3 is 29.2 Å². The number of hydrogen-bond donors (Lipinski definition) is 1. The Kier molecular flexibility index (Phi) is 5.27. The highest BCUT2D eigenvalue weighted by atomic mass is 16.6. The third-order valence-electron chi connectivity index (χ3n) is 5.26. The van der Waals surface area contributed by atoms with Crippen LogP contribution in [0.4, 0.5) is 0 Å². The lowest BCUT2D eigenvalue weighted by molar-refractivity contribution is 0.0999. The first kappa shape index (κ1) is 19.7. The molecule has 2 aromatic carbocycles. The number of aromatic nitrogens is 1. The summed E-state index contributed by atoms with van der Waals surface area (Å²) < 4.78 is 24.2. The summed E-state index contributed by atoms with van der Waals surface area (Å²) >= 11 is 0. The van der Waals surface area contributed by atoms with Gasteiger partial charge in [-0.15, -0.1) is 0 Å². The molecule has 1 aliphatic rings. The Morgan fingerprint density at radius 2 is 1.73 bits per heavy atom. The van der Waals surface area contributed by atoms with E-state index >= 15 is 0 Å². The van der Waals surface area contributed by atoms with Crippen molar-refractivity contribution in [1.29, 1.82) is 0 Å². The fourth-order valence-corrected chi connectivity index (χ4v) is 3.70. The van der Waals surface area contributed by atoms with Crippen molar-refractivity contribution >= 4 is 5.91 Å². The molecule has 156 valence electrons. The zero-order valence-electron chi connectivity index (χ0n) is 17.2. The lowest BCUT2D eigenvalue weighted by Crippen LogP contribution is -2.15. The number of benzene rings is 2. The van der Waals surface area contributed by atoms with Gasteiger partial charge in [-0.05, 0) is 48.9 Å². The number of nitrogens with zero attached hydrogens (tertiary/aromatic N) is 1. The minimum Gasteiger partial charge on any atom is -0.493 e. The number of amides is 1. The molecule has 0 bridgehead atoms. The second-order valence-corrected chi connectivity index (χ2v) is 7.03. The van der Waals surface area contributed by atoms with Crippen LogP contribution in [0.3, 0.4) is 0 Å². The highest BCUT2D eigenvalue weighted by Crippen LogP contribution is 2.36. The number of carbonyl (C=O) groups excluding carboxylic acids is 1. The van der Waals surface area contributed by atoms with Gasteiger partial charge in [0.15, 0.2) is 23.0 Å². The Morgan fingerprint density at radius 3 is 2.43 bits per heavy atom. The van der Waals surface area contributed by atoms with Crippen molar-refractivity contribution in [3.05, 3.63) is 59.3 Å². The molecule has 2 heterocycles. The molecule has 0 unspecified atom stereocenters. The topological polar surface area (TPSA) is 84.9 Å². The van der Waals surface area contributed by atoms with Crippen LogP contribution in [0.15, 0.2) is 42.5 Å². The minimum absolute atomic E-state index is 0.461. The molecule has 0 aliphatic carbocycles. The van der Waals surface area contributed by atoms with Gasteiger partial charge >= 0.3 is 0 Å². The van der Waals surface area contributed by atoms with Gasteiger partial charge in [-0.25, -0.2) is 0 Å². The van der Waals surface area contributed by atoms with Gasteiger partial charge in [0.05, 0.1) is 19.8 Å². The van der Waals surface area contributed by atoms with Gasteiger partial charge in [0.1, 0.15) is 13.2 Å². The molecular formula is C23H24N2O5. The third-order valence-corrected chi connectivity index (χ3v) is 5.26. The Balaban J connectivity index is 1.79. The van der Waals surface area contributed by atoms with E-state index in [0.29, 0.717) is 42.6 Å². The molecule has 0 saturated heterocycles. The van der Waals surface area contributed by atoms with E-state index in [1.54, 1.807) is 14.2 Å². The van der Waals surface area contributed by atoms with Gasteiger partial charge in [0, 0.05) is 23.5 Å². The highest BCUT2D eigenvalue weighted by molar-refractivity contribution is 5.95. The third kappa shape index (κ3) is 3.54. The fourth-order valence-electron chi connectivity index (χ4n) is 3.70. The lowest BCUT2D eigenvalue weighted by Gasteiger charge is -2.19. The molecule has 0 spiro atoms. The van der Waals surface area contributed by atoms with E-state index in [9.17, 15) is 4.79 Å². The number of fused-ring (bicyclic) bond motifs is 1. The van der Waals surface area contributed by atoms with E-state index in [1.807, 2.05) is 49.4 Å². The molecule has 3 aromatic rings. The first-order valence-corrected chi connectivity index (χ1v) is 9.62. The maximum absolute atomic E-state index is 12.0. The monoisotopic (exact) mass is 408 g/mol. The van der Waals surface area contributed by atoms with Gasteiger partial charge in [-0.1, -0.05) is 6.07 Å². The summed E-state index contributed by atoms with van der Waals surface area (Å²) in [5, 5.41) is 0. The van der Waals surface area contributed by atoms with Crippen LogP contribution in [0.25, 0.3) is 11.3 Å². The predicted octanol–water partition coefficient (Wildman–Crippen LogP) is 3.40. The quantitative estimate of drug-likeness (QED) is 0.676. The first-order valence-electron chi connectivity index (χ1n) is 9.62. The van der Waals surface area contributed by atoms with Crippen LogP contribution in [0.1, 0.15) is 21.6 Å². The van der Waals surface area contributed by atoms with Gasteiger partial charge in [0.2, 0.25) is 0 Å². The lowest BCUT2D eigenvalue weighted by atomic mass is 10.1. The van der Waals surface area contributed by atoms with E-state index in [1.165, 1.54) is 0 Å². The zero-order valence-corrected chi connectivity index (χ0v) is 17.2. The molecule has 1 aliphatic heterocycles. The van der Waals surface area contributed by atoms with E-state index in [2.05, 4.69) is 4.57 Å². The number of nitrogens with two attached hydrogens (primary N) is 1. The molecular weight excluding hydrogens is 384 g/mol. The van der Waals surface area contributed by atoms with E-state index in [-0.39, 0.29) is 0 Å². The van der Waals surface area contributed by atoms with Crippen LogP contribution in [0.2, 0.25) is 0 Å². The summed E-state index contributed by atoms with van der Waals surface area (Å²) in [6.45, 7) is 3.47. The van der Waals surface area contributed by atoms with Gasteiger partial charge in [-0.3, -0.25) is 4.79 Å². The normalized spacial score (nSPS) is 12.5.